The minimum atomic E-state index is 0.644. The largest absolute Gasteiger partial charge is 0.396 e. The second-order valence-corrected chi connectivity index (χ2v) is 2.05. The van der Waals surface area contributed by atoms with E-state index in [9.17, 15) is 0 Å². The Morgan fingerprint density at radius 2 is 2.30 bits per heavy atom. The maximum atomic E-state index is 5.47. The highest BCUT2D eigenvalue weighted by Gasteiger charge is 1.91. The Labute approximate surface area is 57.3 Å². The topological polar surface area (TPSA) is 56.2 Å². The van der Waals surface area contributed by atoms with Crippen LogP contribution in [0.5, 0.6) is 0 Å². The lowest BCUT2D eigenvalue weighted by Gasteiger charge is -1.92. The smallest absolute Gasteiger partial charge is 0.156 e. The van der Waals surface area contributed by atoms with Crippen LogP contribution in [0.2, 0.25) is 0 Å². The van der Waals surface area contributed by atoms with Crippen molar-refractivity contribution in [1.82, 2.24) is 14.4 Å². The van der Waals surface area contributed by atoms with Gasteiger partial charge in [-0.15, -0.1) is 0 Å². The van der Waals surface area contributed by atoms with Crippen LogP contribution in [0.25, 0.3) is 5.65 Å². The van der Waals surface area contributed by atoms with E-state index >= 15 is 0 Å². The molecule has 4 nitrogen and oxygen atoms in total. The summed E-state index contributed by atoms with van der Waals surface area (Å²) in [7, 11) is 0. The van der Waals surface area contributed by atoms with E-state index in [4.69, 9.17) is 5.73 Å². The fourth-order valence-electron chi connectivity index (χ4n) is 0.832. The van der Waals surface area contributed by atoms with Crippen molar-refractivity contribution in [2.75, 3.05) is 5.73 Å². The van der Waals surface area contributed by atoms with Crippen molar-refractivity contribution in [1.29, 1.82) is 0 Å². The first-order chi connectivity index (χ1) is 4.86. The Morgan fingerprint density at radius 3 is 3.20 bits per heavy atom. The van der Waals surface area contributed by atoms with Crippen molar-refractivity contribution in [2.24, 2.45) is 0 Å². The molecule has 2 rings (SSSR count). The predicted molar refractivity (Wildman–Crippen MR) is 37.4 cm³/mol. The number of rotatable bonds is 0. The van der Waals surface area contributed by atoms with Crippen molar-refractivity contribution in [3.63, 3.8) is 0 Å². The molecule has 0 aromatic carbocycles. The molecular weight excluding hydrogens is 128 g/mol. The van der Waals surface area contributed by atoms with Gasteiger partial charge >= 0.3 is 0 Å². The molecule has 0 amide bonds. The van der Waals surface area contributed by atoms with Crippen LogP contribution in [-0.2, 0) is 0 Å². The van der Waals surface area contributed by atoms with Crippen LogP contribution in [0.4, 0.5) is 5.69 Å². The molecular formula is C6H6N4. The van der Waals surface area contributed by atoms with Crippen LogP contribution in [0.3, 0.4) is 0 Å². The molecule has 0 unspecified atom stereocenters. The van der Waals surface area contributed by atoms with E-state index in [0.29, 0.717) is 5.69 Å². The molecule has 0 bridgehead atoms. The number of fused-ring (bicyclic) bond motifs is 1. The van der Waals surface area contributed by atoms with Crippen LogP contribution in [-0.4, -0.2) is 14.4 Å². The second-order valence-electron chi connectivity index (χ2n) is 2.05. The third kappa shape index (κ3) is 0.621. The molecule has 0 aliphatic carbocycles. The normalized spacial score (nSPS) is 10.4. The van der Waals surface area contributed by atoms with Crippen molar-refractivity contribution >= 4 is 11.3 Å². The Bertz CT molecular complexity index is 351. The molecule has 0 saturated carbocycles. The maximum absolute atomic E-state index is 5.47. The van der Waals surface area contributed by atoms with Gasteiger partial charge in [0.1, 0.15) is 6.33 Å². The summed E-state index contributed by atoms with van der Waals surface area (Å²) in [5.74, 6) is 0. The number of hydrogen-bond acceptors (Lipinski definition) is 3. The Kier molecular flexibility index (Phi) is 0.887. The van der Waals surface area contributed by atoms with Crippen molar-refractivity contribution in [3.05, 3.63) is 24.9 Å². The van der Waals surface area contributed by atoms with Gasteiger partial charge in [0.2, 0.25) is 0 Å². The van der Waals surface area contributed by atoms with Crippen molar-refractivity contribution in [3.8, 4) is 0 Å². The quantitative estimate of drug-likeness (QED) is 0.564. The van der Waals surface area contributed by atoms with Gasteiger partial charge in [0.05, 0.1) is 18.1 Å². The summed E-state index contributed by atoms with van der Waals surface area (Å²) in [5, 5.41) is 0. The summed E-state index contributed by atoms with van der Waals surface area (Å²) in [6.07, 6.45) is 6.73. The number of anilines is 1. The maximum Gasteiger partial charge on any atom is 0.156 e. The highest BCUT2D eigenvalue weighted by Crippen LogP contribution is 2.01. The van der Waals surface area contributed by atoms with Gasteiger partial charge in [-0.25, -0.2) is 9.97 Å². The van der Waals surface area contributed by atoms with Gasteiger partial charge in [-0.3, -0.25) is 4.40 Å². The van der Waals surface area contributed by atoms with Gasteiger partial charge in [0.15, 0.2) is 5.65 Å². The molecule has 0 aliphatic heterocycles. The summed E-state index contributed by atoms with van der Waals surface area (Å²) in [4.78, 5) is 7.90. The van der Waals surface area contributed by atoms with Crippen LogP contribution in [0.15, 0.2) is 24.9 Å². The molecule has 0 fully saturated rings. The average Bonchev–Trinajstić information content (AvgIpc) is 2.33. The van der Waals surface area contributed by atoms with E-state index in [0.717, 1.165) is 5.65 Å². The number of hydrogen-bond donors (Lipinski definition) is 1. The van der Waals surface area contributed by atoms with Crippen LogP contribution in [0.1, 0.15) is 0 Å². The van der Waals surface area contributed by atoms with Crippen molar-refractivity contribution < 1.29 is 0 Å². The lowest BCUT2D eigenvalue weighted by atomic mass is 10.5. The van der Waals surface area contributed by atoms with Gasteiger partial charge < -0.3 is 5.73 Å². The summed E-state index contributed by atoms with van der Waals surface area (Å²) in [6.45, 7) is 0. The Morgan fingerprint density at radius 1 is 1.40 bits per heavy atom. The monoisotopic (exact) mass is 134 g/mol. The summed E-state index contributed by atoms with van der Waals surface area (Å²) in [6, 6.07) is 0. The van der Waals surface area contributed by atoms with Gasteiger partial charge in [0, 0.05) is 6.20 Å². The van der Waals surface area contributed by atoms with E-state index in [2.05, 4.69) is 9.97 Å². The second kappa shape index (κ2) is 1.70. The molecule has 2 N–H and O–H groups in total. The van der Waals surface area contributed by atoms with E-state index in [1.54, 1.807) is 29.3 Å². The van der Waals surface area contributed by atoms with Gasteiger partial charge in [-0.05, 0) is 0 Å². The number of aromatic nitrogens is 3. The summed E-state index contributed by atoms with van der Waals surface area (Å²) in [5.41, 5.74) is 6.93. The Hall–Kier alpha value is -1.58. The summed E-state index contributed by atoms with van der Waals surface area (Å²) < 4.78 is 1.77. The lowest BCUT2D eigenvalue weighted by molar-refractivity contribution is 1.11. The SMILES string of the molecule is Nc1cnc2cncn2c1. The average molecular weight is 134 g/mol. The molecule has 50 valence electrons. The zero-order valence-electron chi connectivity index (χ0n) is 5.23. The molecule has 10 heavy (non-hydrogen) atoms. The molecule has 2 aromatic heterocycles. The van der Waals surface area contributed by atoms with Gasteiger partial charge in [-0.2, -0.15) is 0 Å². The molecule has 0 saturated heterocycles. The lowest BCUT2D eigenvalue weighted by Crippen LogP contribution is -1.90. The molecule has 0 radical (unpaired) electrons. The molecule has 2 aromatic rings. The first-order valence-electron chi connectivity index (χ1n) is 2.89. The summed E-state index contributed by atoms with van der Waals surface area (Å²) >= 11 is 0. The van der Waals surface area contributed by atoms with Crippen LogP contribution >= 0.6 is 0 Å². The molecule has 2 heterocycles. The predicted octanol–water partition coefficient (Wildman–Crippen LogP) is 0.312. The first-order valence-corrected chi connectivity index (χ1v) is 2.89. The fraction of sp³-hybridized carbons (Fsp3) is 0. The number of imidazole rings is 1. The molecule has 0 atom stereocenters. The Balaban J connectivity index is 2.86. The third-order valence-electron chi connectivity index (χ3n) is 1.28. The van der Waals surface area contributed by atoms with Gasteiger partial charge in [0.25, 0.3) is 0 Å². The molecule has 4 heteroatoms. The standard InChI is InChI=1S/C6H6N4/c7-5-1-9-6-2-8-4-10(6)3-5/h1-4H,7H2. The highest BCUT2D eigenvalue weighted by molar-refractivity contribution is 5.41. The van der Waals surface area contributed by atoms with Gasteiger partial charge in [-0.1, -0.05) is 0 Å². The van der Waals surface area contributed by atoms with Crippen molar-refractivity contribution in [2.45, 2.75) is 0 Å². The number of nitrogen functional groups attached to an aromatic ring is 1. The van der Waals surface area contributed by atoms with E-state index < -0.39 is 0 Å². The van der Waals surface area contributed by atoms with E-state index in [1.165, 1.54) is 0 Å². The first kappa shape index (κ1) is 5.22. The van der Waals surface area contributed by atoms with E-state index in [1.807, 2.05) is 0 Å². The number of nitrogens with two attached hydrogens (primary N) is 1. The third-order valence-corrected chi connectivity index (χ3v) is 1.28. The highest BCUT2D eigenvalue weighted by atomic mass is 15.0. The zero-order chi connectivity index (χ0) is 6.97. The minimum Gasteiger partial charge on any atom is -0.396 e. The van der Waals surface area contributed by atoms with Crippen LogP contribution in [0, 0.1) is 0 Å². The number of nitrogens with zero attached hydrogens (tertiary/aromatic N) is 3. The minimum absolute atomic E-state index is 0.644. The van der Waals surface area contributed by atoms with Crippen LogP contribution < -0.4 is 5.73 Å². The fourth-order valence-corrected chi connectivity index (χ4v) is 0.832. The zero-order valence-corrected chi connectivity index (χ0v) is 5.23. The van der Waals surface area contributed by atoms with E-state index in [-0.39, 0.29) is 0 Å². The molecule has 0 aliphatic rings. The molecule has 0 spiro atoms.